The number of piperidine rings is 1. The van der Waals surface area contributed by atoms with Crippen LogP contribution < -0.4 is 5.32 Å². The molecule has 2 heterocycles. The summed E-state index contributed by atoms with van der Waals surface area (Å²) in [5, 5.41) is 2.95. The van der Waals surface area contributed by atoms with Crippen molar-refractivity contribution in [1.29, 1.82) is 0 Å². The van der Waals surface area contributed by atoms with Crippen LogP contribution in [0.1, 0.15) is 43.7 Å². The van der Waals surface area contributed by atoms with Crippen molar-refractivity contribution in [3.63, 3.8) is 0 Å². The Morgan fingerprint density at radius 3 is 2.63 bits per heavy atom. The minimum absolute atomic E-state index is 0.0140. The normalized spacial score (nSPS) is 17.4. The molecule has 0 spiro atoms. The largest absolute Gasteiger partial charge is 0.444 e. The zero-order valence-corrected chi connectivity index (χ0v) is 13.1. The molecule has 0 saturated carbocycles. The molecular weight excluding hydrogens is 308 g/mol. The van der Waals surface area contributed by atoms with Crippen LogP contribution in [-0.2, 0) is 0 Å². The number of hydrogen-bond acceptors (Lipinski definition) is 3. The molecule has 1 saturated heterocycles. The first-order valence-electron chi connectivity index (χ1n) is 6.78. The van der Waals surface area contributed by atoms with Gasteiger partial charge in [0.25, 0.3) is 5.91 Å². The van der Waals surface area contributed by atoms with Crippen molar-refractivity contribution in [3.8, 4) is 0 Å². The average molecular weight is 329 g/mol. The zero-order valence-electron chi connectivity index (χ0n) is 11.5. The first kappa shape index (κ1) is 14.6. The fourth-order valence-corrected chi connectivity index (χ4v) is 2.74. The van der Waals surface area contributed by atoms with E-state index in [2.05, 4.69) is 40.0 Å². The molecule has 1 N–H and O–H groups in total. The summed E-state index contributed by atoms with van der Waals surface area (Å²) >= 11 is 3.20. The third kappa shape index (κ3) is 3.83. The molecule has 2 rings (SSSR count). The summed E-state index contributed by atoms with van der Waals surface area (Å²) in [6.45, 7) is 7.22. The topological polar surface area (TPSA) is 45.5 Å². The number of carbonyl (C=O) groups excluding carboxylic acids is 1. The maximum Gasteiger partial charge on any atom is 0.287 e. The Bertz CT molecular complexity index is 436. The summed E-state index contributed by atoms with van der Waals surface area (Å²) in [7, 11) is 0. The monoisotopic (exact) mass is 328 g/mol. The van der Waals surface area contributed by atoms with Gasteiger partial charge >= 0.3 is 0 Å². The van der Waals surface area contributed by atoms with E-state index in [9.17, 15) is 4.79 Å². The van der Waals surface area contributed by atoms with Crippen molar-refractivity contribution >= 4 is 21.8 Å². The summed E-state index contributed by atoms with van der Waals surface area (Å²) < 4.78 is 5.82. The molecule has 1 aromatic rings. The number of hydrogen-bond donors (Lipinski definition) is 1. The highest BCUT2D eigenvalue weighted by molar-refractivity contribution is 9.10. The Hall–Kier alpha value is -0.810. The van der Waals surface area contributed by atoms with Gasteiger partial charge in [-0.1, -0.05) is 6.42 Å². The molecule has 0 unspecified atom stereocenters. The van der Waals surface area contributed by atoms with Gasteiger partial charge in [0, 0.05) is 12.1 Å². The maximum absolute atomic E-state index is 11.9. The predicted octanol–water partition coefficient (Wildman–Crippen LogP) is 3.04. The van der Waals surface area contributed by atoms with E-state index in [0.717, 1.165) is 13.1 Å². The van der Waals surface area contributed by atoms with Gasteiger partial charge in [-0.25, -0.2) is 0 Å². The Morgan fingerprint density at radius 1 is 1.37 bits per heavy atom. The van der Waals surface area contributed by atoms with E-state index < -0.39 is 0 Å². The molecule has 1 aromatic heterocycles. The Labute approximate surface area is 122 Å². The van der Waals surface area contributed by atoms with E-state index in [-0.39, 0.29) is 11.4 Å². The van der Waals surface area contributed by atoms with Crippen molar-refractivity contribution in [1.82, 2.24) is 10.2 Å². The van der Waals surface area contributed by atoms with Gasteiger partial charge in [-0.3, -0.25) is 9.69 Å². The number of furan rings is 1. The van der Waals surface area contributed by atoms with E-state index >= 15 is 0 Å². The number of carbonyl (C=O) groups is 1. The van der Waals surface area contributed by atoms with Gasteiger partial charge in [0.2, 0.25) is 0 Å². The molecule has 1 amide bonds. The van der Waals surface area contributed by atoms with Crippen LogP contribution in [0, 0.1) is 0 Å². The van der Waals surface area contributed by atoms with E-state index in [0.29, 0.717) is 17.0 Å². The zero-order chi connectivity index (χ0) is 13.9. The quantitative estimate of drug-likeness (QED) is 0.923. The number of likely N-dealkylation sites (tertiary alicyclic amines) is 1. The summed E-state index contributed by atoms with van der Waals surface area (Å²) in [4.78, 5) is 14.4. The highest BCUT2D eigenvalue weighted by Crippen LogP contribution is 2.20. The van der Waals surface area contributed by atoms with Gasteiger partial charge in [-0.15, -0.1) is 0 Å². The minimum Gasteiger partial charge on any atom is -0.444 e. The van der Waals surface area contributed by atoms with E-state index in [1.807, 2.05) is 0 Å². The molecule has 0 atom stereocenters. The third-order valence-corrected chi connectivity index (χ3v) is 4.12. The second kappa shape index (κ2) is 6.09. The van der Waals surface area contributed by atoms with Crippen molar-refractivity contribution in [2.45, 2.75) is 38.6 Å². The van der Waals surface area contributed by atoms with Crippen molar-refractivity contribution in [2.75, 3.05) is 19.6 Å². The fourth-order valence-electron chi connectivity index (χ4n) is 2.43. The van der Waals surface area contributed by atoms with Crippen molar-refractivity contribution in [2.24, 2.45) is 0 Å². The van der Waals surface area contributed by atoms with Crippen LogP contribution in [0.15, 0.2) is 21.2 Å². The molecule has 5 heteroatoms. The first-order chi connectivity index (χ1) is 8.99. The maximum atomic E-state index is 11.9. The van der Waals surface area contributed by atoms with E-state index in [1.54, 1.807) is 12.1 Å². The summed E-state index contributed by atoms with van der Waals surface area (Å²) in [5.74, 6) is 0.192. The molecule has 0 radical (unpaired) electrons. The highest BCUT2D eigenvalue weighted by Gasteiger charge is 2.28. The number of halogens is 1. The van der Waals surface area contributed by atoms with Crippen LogP contribution in [0.5, 0.6) is 0 Å². The Balaban J connectivity index is 1.88. The molecule has 0 bridgehead atoms. The molecule has 4 nitrogen and oxygen atoms in total. The van der Waals surface area contributed by atoms with Crippen molar-refractivity contribution in [3.05, 3.63) is 22.6 Å². The predicted molar refractivity (Wildman–Crippen MR) is 78.2 cm³/mol. The van der Waals surface area contributed by atoms with Gasteiger partial charge < -0.3 is 9.73 Å². The molecule has 1 aliphatic heterocycles. The average Bonchev–Trinajstić information content (AvgIpc) is 2.84. The van der Waals surface area contributed by atoms with Crippen LogP contribution >= 0.6 is 15.9 Å². The van der Waals surface area contributed by atoms with Gasteiger partial charge in [-0.2, -0.15) is 0 Å². The second-order valence-corrected chi connectivity index (χ2v) is 6.43. The third-order valence-electron chi connectivity index (χ3n) is 3.69. The van der Waals surface area contributed by atoms with E-state index in [1.165, 1.54) is 19.3 Å². The molecule has 0 aliphatic carbocycles. The Kier molecular flexibility index (Phi) is 4.68. The molecule has 1 aliphatic rings. The van der Waals surface area contributed by atoms with Gasteiger partial charge in [0.05, 0.1) is 0 Å². The summed E-state index contributed by atoms with van der Waals surface area (Å²) in [6, 6.07) is 3.40. The van der Waals surface area contributed by atoms with Crippen LogP contribution in [0.2, 0.25) is 0 Å². The SMILES string of the molecule is CC(C)(CNC(=O)c1ccc(Br)o1)N1CCCCC1. The van der Waals surface area contributed by atoms with Crippen LogP contribution in [-0.4, -0.2) is 36.0 Å². The lowest BCUT2D eigenvalue weighted by Crippen LogP contribution is -2.53. The molecule has 106 valence electrons. The molecule has 1 fully saturated rings. The lowest BCUT2D eigenvalue weighted by Gasteiger charge is -2.41. The van der Waals surface area contributed by atoms with Crippen LogP contribution in [0.4, 0.5) is 0 Å². The summed E-state index contributed by atoms with van der Waals surface area (Å²) in [6.07, 6.45) is 3.82. The van der Waals surface area contributed by atoms with E-state index in [4.69, 9.17) is 4.42 Å². The minimum atomic E-state index is -0.157. The molecule has 19 heavy (non-hydrogen) atoms. The Morgan fingerprint density at radius 2 is 2.05 bits per heavy atom. The number of nitrogens with zero attached hydrogens (tertiary/aromatic N) is 1. The van der Waals surface area contributed by atoms with Gasteiger partial charge in [-0.05, 0) is 67.8 Å². The van der Waals surface area contributed by atoms with Crippen LogP contribution in [0.25, 0.3) is 0 Å². The lowest BCUT2D eigenvalue weighted by molar-refractivity contribution is 0.0779. The molecule has 0 aromatic carbocycles. The van der Waals surface area contributed by atoms with Gasteiger partial charge in [0.1, 0.15) is 0 Å². The second-order valence-electron chi connectivity index (χ2n) is 5.65. The van der Waals surface area contributed by atoms with Gasteiger partial charge in [0.15, 0.2) is 10.4 Å². The summed E-state index contributed by atoms with van der Waals surface area (Å²) in [5.41, 5.74) is -0.0140. The van der Waals surface area contributed by atoms with Crippen molar-refractivity contribution < 1.29 is 9.21 Å². The molecular formula is C14H21BrN2O2. The number of rotatable bonds is 4. The standard InChI is InChI=1S/C14H21BrN2O2/c1-14(2,17-8-4-3-5-9-17)10-16-13(18)11-6-7-12(15)19-11/h6-7H,3-5,8-10H2,1-2H3,(H,16,18). The number of amides is 1. The lowest BCUT2D eigenvalue weighted by atomic mass is 9.98. The smallest absolute Gasteiger partial charge is 0.287 e. The number of nitrogens with one attached hydrogen (secondary N) is 1. The fraction of sp³-hybridized carbons (Fsp3) is 0.643. The highest BCUT2D eigenvalue weighted by atomic mass is 79.9. The first-order valence-corrected chi connectivity index (χ1v) is 7.57. The van der Waals surface area contributed by atoms with Crippen LogP contribution in [0.3, 0.4) is 0 Å².